The maximum atomic E-state index is 4.81. The highest BCUT2D eigenvalue weighted by Gasteiger charge is 2.18. The van der Waals surface area contributed by atoms with Crippen molar-refractivity contribution in [3.05, 3.63) is 40.2 Å². The number of aryl methyl sites for hydroxylation is 1. The summed E-state index contributed by atoms with van der Waals surface area (Å²) < 4.78 is 0. The number of aromatic nitrogens is 1. The minimum atomic E-state index is 0.614. The van der Waals surface area contributed by atoms with Crippen LogP contribution in [0.25, 0.3) is 11.3 Å². The molecule has 2 heterocycles. The van der Waals surface area contributed by atoms with Crippen LogP contribution in [0.4, 0.5) is 0 Å². The van der Waals surface area contributed by atoms with Crippen molar-refractivity contribution in [2.24, 2.45) is 0 Å². The highest BCUT2D eigenvalue weighted by atomic mass is 32.1. The summed E-state index contributed by atoms with van der Waals surface area (Å²) >= 11 is 1.80. The lowest BCUT2D eigenvalue weighted by Crippen LogP contribution is -2.28. The summed E-state index contributed by atoms with van der Waals surface area (Å²) in [6.45, 7) is 4.36. The molecule has 0 aliphatic carbocycles. The highest BCUT2D eigenvalue weighted by Crippen LogP contribution is 2.29. The SMILES string of the molecule is Cc1ccc(-c2csc(C3CCCNC3)n2)cc1. The van der Waals surface area contributed by atoms with Crippen LogP contribution in [0.3, 0.4) is 0 Å². The van der Waals surface area contributed by atoms with Gasteiger partial charge < -0.3 is 5.32 Å². The lowest BCUT2D eigenvalue weighted by atomic mass is 10.0. The van der Waals surface area contributed by atoms with Crippen LogP contribution in [0.15, 0.2) is 29.6 Å². The van der Waals surface area contributed by atoms with Crippen molar-refractivity contribution < 1.29 is 0 Å². The van der Waals surface area contributed by atoms with Crippen molar-refractivity contribution in [3.63, 3.8) is 0 Å². The van der Waals surface area contributed by atoms with Crippen molar-refractivity contribution in [1.29, 1.82) is 0 Å². The largest absolute Gasteiger partial charge is 0.316 e. The van der Waals surface area contributed by atoms with Gasteiger partial charge in [-0.1, -0.05) is 29.8 Å². The van der Waals surface area contributed by atoms with Gasteiger partial charge in [-0.2, -0.15) is 0 Å². The van der Waals surface area contributed by atoms with Crippen LogP contribution in [-0.2, 0) is 0 Å². The lowest BCUT2D eigenvalue weighted by Gasteiger charge is -2.20. The number of benzene rings is 1. The highest BCUT2D eigenvalue weighted by molar-refractivity contribution is 7.10. The smallest absolute Gasteiger partial charge is 0.0976 e. The molecule has 2 aromatic rings. The number of piperidine rings is 1. The first kappa shape index (κ1) is 11.9. The van der Waals surface area contributed by atoms with Crippen molar-refractivity contribution in [2.75, 3.05) is 13.1 Å². The third-order valence-electron chi connectivity index (χ3n) is 3.52. The van der Waals surface area contributed by atoms with Crippen LogP contribution in [0.5, 0.6) is 0 Å². The fraction of sp³-hybridized carbons (Fsp3) is 0.400. The summed E-state index contributed by atoms with van der Waals surface area (Å²) in [6.07, 6.45) is 2.54. The van der Waals surface area contributed by atoms with Gasteiger partial charge >= 0.3 is 0 Å². The molecule has 18 heavy (non-hydrogen) atoms. The first-order valence-corrected chi connectivity index (χ1v) is 7.44. The Morgan fingerprint density at radius 2 is 2.11 bits per heavy atom. The number of rotatable bonds is 2. The predicted molar refractivity (Wildman–Crippen MR) is 77.1 cm³/mol. The summed E-state index contributed by atoms with van der Waals surface area (Å²) in [4.78, 5) is 4.81. The summed E-state index contributed by atoms with van der Waals surface area (Å²) in [5.74, 6) is 0.614. The van der Waals surface area contributed by atoms with E-state index in [2.05, 4.69) is 41.9 Å². The third-order valence-corrected chi connectivity index (χ3v) is 4.52. The maximum absolute atomic E-state index is 4.81. The van der Waals surface area contributed by atoms with E-state index in [4.69, 9.17) is 4.98 Å². The van der Waals surface area contributed by atoms with Crippen LogP contribution in [-0.4, -0.2) is 18.1 Å². The average Bonchev–Trinajstić information content (AvgIpc) is 2.90. The molecule has 1 aliphatic rings. The normalized spacial score (nSPS) is 19.9. The quantitative estimate of drug-likeness (QED) is 0.890. The second-order valence-corrected chi connectivity index (χ2v) is 5.87. The standard InChI is InChI=1S/C15H18N2S/c1-11-4-6-12(7-5-11)14-10-18-15(17-14)13-3-2-8-16-9-13/h4-7,10,13,16H,2-3,8-9H2,1H3. The van der Waals surface area contributed by atoms with Gasteiger partial charge in [-0.25, -0.2) is 4.98 Å². The van der Waals surface area contributed by atoms with E-state index >= 15 is 0 Å². The van der Waals surface area contributed by atoms with Gasteiger partial charge in [0.05, 0.1) is 10.7 Å². The van der Waals surface area contributed by atoms with Gasteiger partial charge in [0, 0.05) is 23.4 Å². The van der Waals surface area contributed by atoms with Gasteiger partial charge in [-0.05, 0) is 26.3 Å². The van der Waals surface area contributed by atoms with Crippen molar-refractivity contribution in [1.82, 2.24) is 10.3 Å². The Morgan fingerprint density at radius 1 is 1.28 bits per heavy atom. The first-order chi connectivity index (χ1) is 8.83. The van der Waals surface area contributed by atoms with E-state index < -0.39 is 0 Å². The Morgan fingerprint density at radius 3 is 2.83 bits per heavy atom. The molecule has 0 amide bonds. The van der Waals surface area contributed by atoms with E-state index in [9.17, 15) is 0 Å². The summed E-state index contributed by atoms with van der Waals surface area (Å²) in [7, 11) is 0. The summed E-state index contributed by atoms with van der Waals surface area (Å²) in [6, 6.07) is 8.62. The Hall–Kier alpha value is -1.19. The molecule has 1 aromatic carbocycles. The maximum Gasteiger partial charge on any atom is 0.0976 e. The fourth-order valence-electron chi connectivity index (χ4n) is 2.39. The van der Waals surface area contributed by atoms with Gasteiger partial charge in [0.1, 0.15) is 0 Å². The molecule has 1 aromatic heterocycles. The van der Waals surface area contributed by atoms with Crippen LogP contribution in [0, 0.1) is 6.92 Å². The zero-order valence-electron chi connectivity index (χ0n) is 10.6. The third kappa shape index (κ3) is 2.47. The number of hydrogen-bond acceptors (Lipinski definition) is 3. The predicted octanol–water partition coefficient (Wildman–Crippen LogP) is 3.59. The van der Waals surface area contributed by atoms with Gasteiger partial charge in [0.15, 0.2) is 0 Å². The monoisotopic (exact) mass is 258 g/mol. The molecule has 0 bridgehead atoms. The van der Waals surface area contributed by atoms with Crippen LogP contribution in [0.1, 0.15) is 29.3 Å². The average molecular weight is 258 g/mol. The van der Waals surface area contributed by atoms with Gasteiger partial charge in [-0.15, -0.1) is 11.3 Å². The van der Waals surface area contributed by atoms with E-state index in [1.807, 2.05) is 0 Å². The Balaban J connectivity index is 1.82. The summed E-state index contributed by atoms with van der Waals surface area (Å²) in [5.41, 5.74) is 3.65. The minimum Gasteiger partial charge on any atom is -0.316 e. The van der Waals surface area contributed by atoms with Gasteiger partial charge in [-0.3, -0.25) is 0 Å². The van der Waals surface area contributed by atoms with Crippen molar-refractivity contribution in [2.45, 2.75) is 25.7 Å². The second-order valence-electron chi connectivity index (χ2n) is 4.98. The molecule has 3 rings (SSSR count). The molecule has 0 saturated carbocycles. The fourth-order valence-corrected chi connectivity index (χ4v) is 3.36. The molecule has 1 saturated heterocycles. The number of hydrogen-bond donors (Lipinski definition) is 1. The van der Waals surface area contributed by atoms with Crippen molar-refractivity contribution in [3.8, 4) is 11.3 Å². The molecule has 1 N–H and O–H groups in total. The van der Waals surface area contributed by atoms with Gasteiger partial charge in [0.25, 0.3) is 0 Å². The van der Waals surface area contributed by atoms with Crippen LogP contribution >= 0.6 is 11.3 Å². The lowest BCUT2D eigenvalue weighted by molar-refractivity contribution is 0.460. The molecule has 0 spiro atoms. The molecule has 1 aliphatic heterocycles. The van der Waals surface area contributed by atoms with E-state index in [0.717, 1.165) is 18.8 Å². The Labute approximate surface area is 112 Å². The zero-order valence-corrected chi connectivity index (χ0v) is 11.5. The molecule has 1 unspecified atom stereocenters. The number of nitrogens with one attached hydrogen (secondary N) is 1. The Kier molecular flexibility index (Phi) is 3.43. The van der Waals surface area contributed by atoms with Gasteiger partial charge in [0.2, 0.25) is 0 Å². The minimum absolute atomic E-state index is 0.614. The first-order valence-electron chi connectivity index (χ1n) is 6.56. The number of thiazole rings is 1. The van der Waals surface area contributed by atoms with Crippen LogP contribution < -0.4 is 5.32 Å². The molecule has 94 valence electrons. The van der Waals surface area contributed by atoms with E-state index in [0.29, 0.717) is 5.92 Å². The zero-order chi connectivity index (χ0) is 12.4. The number of nitrogens with zero attached hydrogens (tertiary/aromatic N) is 1. The Bertz CT molecular complexity index is 510. The molecular weight excluding hydrogens is 240 g/mol. The second kappa shape index (κ2) is 5.21. The van der Waals surface area contributed by atoms with Crippen LogP contribution in [0.2, 0.25) is 0 Å². The summed E-state index contributed by atoms with van der Waals surface area (Å²) in [5, 5.41) is 6.94. The molecule has 0 radical (unpaired) electrons. The van der Waals surface area contributed by atoms with E-state index in [-0.39, 0.29) is 0 Å². The molecule has 1 fully saturated rings. The molecule has 3 heteroatoms. The molecule has 1 atom stereocenters. The van der Waals surface area contributed by atoms with E-state index in [1.165, 1.54) is 29.0 Å². The van der Waals surface area contributed by atoms with Crippen molar-refractivity contribution >= 4 is 11.3 Å². The molecular formula is C15H18N2S. The topological polar surface area (TPSA) is 24.9 Å². The molecule has 2 nitrogen and oxygen atoms in total. The van der Waals surface area contributed by atoms with E-state index in [1.54, 1.807) is 11.3 Å².